The van der Waals surface area contributed by atoms with Crippen molar-refractivity contribution in [2.75, 3.05) is 20.7 Å². The van der Waals surface area contributed by atoms with Crippen LogP contribution in [0.1, 0.15) is 36.8 Å². The van der Waals surface area contributed by atoms with Crippen molar-refractivity contribution in [1.29, 1.82) is 0 Å². The molecule has 3 aromatic carbocycles. The van der Waals surface area contributed by atoms with Crippen LogP contribution in [0.5, 0.6) is 11.5 Å². The topological polar surface area (TPSA) is 81.7 Å². The zero-order chi connectivity index (χ0) is 25.0. The van der Waals surface area contributed by atoms with Crippen molar-refractivity contribution in [3.63, 3.8) is 0 Å². The lowest BCUT2D eigenvalue weighted by Gasteiger charge is -2.31. The van der Waals surface area contributed by atoms with E-state index in [9.17, 15) is 0 Å². The summed E-state index contributed by atoms with van der Waals surface area (Å²) < 4.78 is 12.6. The number of benzene rings is 3. The summed E-state index contributed by atoms with van der Waals surface area (Å²) >= 11 is 0. The van der Waals surface area contributed by atoms with E-state index in [0.29, 0.717) is 19.0 Å². The van der Waals surface area contributed by atoms with Gasteiger partial charge in [0.05, 0.1) is 12.2 Å². The third-order valence-corrected chi connectivity index (χ3v) is 6.59. The average molecular weight is 485 g/mol. The quantitative estimate of drug-likeness (QED) is 0.518. The van der Waals surface area contributed by atoms with Crippen molar-refractivity contribution in [3.05, 3.63) is 83.9 Å². The number of rotatable bonds is 4. The number of aliphatic imine (C=N–C) groups is 2. The van der Waals surface area contributed by atoms with Crippen LogP contribution in [0.25, 0.3) is 11.1 Å². The summed E-state index contributed by atoms with van der Waals surface area (Å²) in [5.74, 6) is 1.97. The highest BCUT2D eigenvalue weighted by atomic mass is 16.7. The lowest BCUT2D eigenvalue weighted by atomic mass is 9.91. The van der Waals surface area contributed by atoms with Crippen LogP contribution in [0.3, 0.4) is 0 Å². The third-order valence-electron chi connectivity index (χ3n) is 6.59. The second-order valence-corrected chi connectivity index (χ2v) is 9.15. The Morgan fingerprint density at radius 1 is 1.06 bits per heavy atom. The molecule has 0 fully saturated rings. The Hall–Kier alpha value is -3.84. The zero-order valence-electron chi connectivity index (χ0n) is 20.8. The van der Waals surface area contributed by atoms with Crippen LogP contribution in [0.2, 0.25) is 0 Å². The summed E-state index contributed by atoms with van der Waals surface area (Å²) in [5, 5.41) is 1.54. The van der Waals surface area contributed by atoms with Gasteiger partial charge < -0.3 is 15.2 Å². The van der Waals surface area contributed by atoms with Crippen molar-refractivity contribution >= 4 is 12.2 Å². The number of hydroxylamine groups is 2. The van der Waals surface area contributed by atoms with Gasteiger partial charge in [-0.25, -0.2) is 14.9 Å². The Morgan fingerprint density at radius 3 is 2.67 bits per heavy atom. The molecule has 2 N–H and O–H groups in total. The van der Waals surface area contributed by atoms with Crippen LogP contribution in [-0.4, -0.2) is 44.0 Å². The summed E-state index contributed by atoms with van der Waals surface area (Å²) in [4.78, 5) is 15.3. The molecule has 2 heterocycles. The van der Waals surface area contributed by atoms with Gasteiger partial charge in [-0.15, -0.1) is 0 Å². The first kappa shape index (κ1) is 23.9. The van der Waals surface area contributed by atoms with Gasteiger partial charge in [0.25, 0.3) is 0 Å². The molecule has 2 aliphatic rings. The van der Waals surface area contributed by atoms with E-state index < -0.39 is 5.72 Å². The number of fused-ring (bicyclic) bond motifs is 2. The molecular formula is C29H32N4O3. The number of nitrogens with two attached hydrogens (primary N) is 1. The van der Waals surface area contributed by atoms with E-state index in [1.807, 2.05) is 54.7 Å². The van der Waals surface area contributed by atoms with E-state index in [4.69, 9.17) is 25.0 Å². The molecular weight excluding hydrogens is 452 g/mol. The second kappa shape index (κ2) is 10.4. The number of ether oxygens (including phenoxy) is 2. The fourth-order valence-electron chi connectivity index (χ4n) is 4.81. The second-order valence-electron chi connectivity index (χ2n) is 9.15. The minimum atomic E-state index is -0.957. The molecule has 186 valence electrons. The molecule has 0 aliphatic carbocycles. The van der Waals surface area contributed by atoms with Gasteiger partial charge in [-0.05, 0) is 59.9 Å². The molecule has 0 amide bonds. The van der Waals surface area contributed by atoms with E-state index >= 15 is 0 Å². The highest BCUT2D eigenvalue weighted by Gasteiger charge is 2.43. The van der Waals surface area contributed by atoms with Gasteiger partial charge >= 0.3 is 0 Å². The summed E-state index contributed by atoms with van der Waals surface area (Å²) in [7, 11) is 3.56. The van der Waals surface area contributed by atoms with Crippen LogP contribution < -0.4 is 15.2 Å². The van der Waals surface area contributed by atoms with E-state index in [0.717, 1.165) is 53.0 Å². The average Bonchev–Trinajstić information content (AvgIpc) is 3.18. The minimum absolute atomic E-state index is 0.0358. The number of nitrogens with zero attached hydrogens (tertiary/aromatic N) is 3. The van der Waals surface area contributed by atoms with Crippen LogP contribution in [-0.2, 0) is 10.6 Å². The normalized spacial score (nSPS) is 22.2. The molecule has 3 aromatic rings. The number of hydrogen-bond acceptors (Lipinski definition) is 7. The van der Waals surface area contributed by atoms with Crippen LogP contribution in [0.15, 0.2) is 82.8 Å². The van der Waals surface area contributed by atoms with Gasteiger partial charge in [0.2, 0.25) is 11.7 Å². The minimum Gasteiger partial charge on any atom is -0.493 e. The zero-order valence-corrected chi connectivity index (χ0v) is 20.8. The van der Waals surface area contributed by atoms with Gasteiger partial charge in [-0.3, -0.25) is 4.99 Å². The smallest absolute Gasteiger partial charge is 0.218 e. The highest BCUT2D eigenvalue weighted by Crippen LogP contribution is 2.44. The van der Waals surface area contributed by atoms with E-state index in [2.05, 4.69) is 29.3 Å². The van der Waals surface area contributed by atoms with Gasteiger partial charge in [0, 0.05) is 33.2 Å². The fraction of sp³-hybridized carbons (Fsp3) is 0.310. The Balaban J connectivity index is 1.49. The molecule has 5 rings (SSSR count). The molecule has 2 aliphatic heterocycles. The molecule has 2 unspecified atom stereocenters. The van der Waals surface area contributed by atoms with Crippen molar-refractivity contribution in [2.45, 2.75) is 37.5 Å². The largest absolute Gasteiger partial charge is 0.493 e. The Bertz CT molecular complexity index is 1260. The number of guanidine groups is 1. The maximum atomic E-state index is 6.33. The summed E-state index contributed by atoms with van der Waals surface area (Å²) in [6, 6.07) is 24.4. The maximum absolute atomic E-state index is 6.33. The molecule has 7 heteroatoms. The predicted molar refractivity (Wildman–Crippen MR) is 142 cm³/mol. The van der Waals surface area contributed by atoms with Crippen LogP contribution in [0, 0.1) is 0 Å². The van der Waals surface area contributed by atoms with Gasteiger partial charge in [0.1, 0.15) is 17.6 Å². The summed E-state index contributed by atoms with van der Waals surface area (Å²) in [6.45, 7) is 0.525. The van der Waals surface area contributed by atoms with Crippen LogP contribution in [0.4, 0.5) is 0 Å². The molecule has 2 atom stereocenters. The maximum Gasteiger partial charge on any atom is 0.218 e. The molecule has 36 heavy (non-hydrogen) atoms. The molecule has 0 aromatic heterocycles. The first-order valence-corrected chi connectivity index (χ1v) is 12.4. The standard InChI is InChI=1S/C29H32N4O3/c1-31-20-21-8-6-9-22(18-21)23-13-14-27-26(19-23)29(32-28(30)33(2)36-29)16-7-12-25(15-17-34-27)35-24-10-4-3-5-11-24/h3-6,8-11,13-14,18-20,25H,7,12,15-17H2,1-2H3,(H2,30,32). The van der Waals surface area contributed by atoms with Crippen molar-refractivity contribution in [1.82, 2.24) is 5.06 Å². The molecule has 0 saturated heterocycles. The fourth-order valence-corrected chi connectivity index (χ4v) is 4.81. The van der Waals surface area contributed by atoms with Crippen LogP contribution >= 0.6 is 0 Å². The molecule has 0 radical (unpaired) electrons. The lowest BCUT2D eigenvalue weighted by Crippen LogP contribution is -2.33. The molecule has 1 spiro atoms. The Labute approximate surface area is 212 Å². The SMILES string of the molecule is CN=Cc1cccc(-c2ccc3c(c2)C2(CCCC(Oc4ccccc4)CCO3)N=C(N)N(C)O2)c1. The molecule has 0 bridgehead atoms. The third kappa shape index (κ3) is 5.06. The first-order chi connectivity index (χ1) is 17.6. The van der Waals surface area contributed by atoms with Gasteiger partial charge in [0.15, 0.2) is 0 Å². The molecule has 0 saturated carbocycles. The number of para-hydroxylation sites is 1. The molecule has 7 nitrogen and oxygen atoms in total. The Kier molecular flexibility index (Phi) is 6.91. The van der Waals surface area contributed by atoms with E-state index in [1.54, 1.807) is 19.2 Å². The van der Waals surface area contributed by atoms with Crippen molar-refractivity contribution in [2.24, 2.45) is 15.7 Å². The van der Waals surface area contributed by atoms with Gasteiger partial charge in [-0.1, -0.05) is 42.5 Å². The highest BCUT2D eigenvalue weighted by molar-refractivity contribution is 5.83. The first-order valence-electron chi connectivity index (χ1n) is 12.4. The monoisotopic (exact) mass is 484 g/mol. The lowest BCUT2D eigenvalue weighted by molar-refractivity contribution is -0.177. The summed E-state index contributed by atoms with van der Waals surface area (Å²) in [6.07, 6.45) is 5.03. The summed E-state index contributed by atoms with van der Waals surface area (Å²) in [5.41, 5.74) is 9.31. The van der Waals surface area contributed by atoms with E-state index in [1.165, 1.54) is 0 Å². The van der Waals surface area contributed by atoms with Gasteiger partial charge in [-0.2, -0.15) is 0 Å². The van der Waals surface area contributed by atoms with Crippen molar-refractivity contribution < 1.29 is 14.3 Å². The predicted octanol–water partition coefficient (Wildman–Crippen LogP) is 5.15. The van der Waals surface area contributed by atoms with Crippen molar-refractivity contribution in [3.8, 4) is 22.6 Å². The van der Waals surface area contributed by atoms with E-state index in [-0.39, 0.29) is 6.10 Å². The Morgan fingerprint density at radius 2 is 1.89 bits per heavy atom. The number of hydrogen-bond donors (Lipinski definition) is 1.